The number of hydrogen-bond donors (Lipinski definition) is 1. The average molecular weight is 345 g/mol. The normalized spacial score (nSPS) is 21.6. The van der Waals surface area contributed by atoms with Gasteiger partial charge < -0.3 is 5.73 Å². The van der Waals surface area contributed by atoms with E-state index in [0.29, 0.717) is 6.04 Å². The number of likely N-dealkylation sites (tertiary alicyclic amines) is 1. The Labute approximate surface area is 129 Å². The molecule has 0 aliphatic carbocycles. The SMILES string of the molecule is CCC(N)C(c1ccc(Br)s1)N1CCCCCCC1. The van der Waals surface area contributed by atoms with E-state index in [1.807, 2.05) is 11.3 Å². The van der Waals surface area contributed by atoms with Crippen LogP contribution in [0.2, 0.25) is 0 Å². The third-order valence-electron chi connectivity index (χ3n) is 4.05. The van der Waals surface area contributed by atoms with Gasteiger partial charge in [0.1, 0.15) is 0 Å². The quantitative estimate of drug-likeness (QED) is 0.867. The van der Waals surface area contributed by atoms with Crippen molar-refractivity contribution in [3.63, 3.8) is 0 Å². The second-order valence-corrected chi connectivity index (χ2v) is 7.96. The van der Waals surface area contributed by atoms with E-state index >= 15 is 0 Å². The zero-order valence-electron chi connectivity index (χ0n) is 11.8. The molecule has 4 heteroatoms. The average Bonchev–Trinajstić information content (AvgIpc) is 2.78. The maximum atomic E-state index is 6.43. The van der Waals surface area contributed by atoms with Gasteiger partial charge in [-0.05, 0) is 60.4 Å². The molecule has 0 spiro atoms. The van der Waals surface area contributed by atoms with E-state index in [1.54, 1.807) is 0 Å². The fraction of sp³-hybridized carbons (Fsp3) is 0.733. The summed E-state index contributed by atoms with van der Waals surface area (Å²) >= 11 is 5.42. The van der Waals surface area contributed by atoms with Crippen molar-refractivity contribution in [2.75, 3.05) is 13.1 Å². The Morgan fingerprint density at radius 1 is 1.21 bits per heavy atom. The third-order valence-corrected chi connectivity index (χ3v) is 5.74. The first-order valence-electron chi connectivity index (χ1n) is 7.47. The van der Waals surface area contributed by atoms with Crippen LogP contribution in [0.4, 0.5) is 0 Å². The molecule has 108 valence electrons. The molecule has 1 aliphatic rings. The third kappa shape index (κ3) is 4.28. The Kier molecular flexibility index (Phi) is 6.33. The minimum Gasteiger partial charge on any atom is -0.326 e. The molecule has 2 rings (SSSR count). The fourth-order valence-corrected chi connectivity index (χ4v) is 4.56. The zero-order chi connectivity index (χ0) is 13.7. The lowest BCUT2D eigenvalue weighted by Crippen LogP contribution is -2.41. The van der Waals surface area contributed by atoms with Gasteiger partial charge in [0, 0.05) is 10.9 Å². The molecule has 1 aromatic rings. The summed E-state index contributed by atoms with van der Waals surface area (Å²) in [5.41, 5.74) is 6.43. The summed E-state index contributed by atoms with van der Waals surface area (Å²) in [6, 6.07) is 5.04. The van der Waals surface area contributed by atoms with Gasteiger partial charge in [-0.2, -0.15) is 0 Å². The number of nitrogens with two attached hydrogens (primary N) is 1. The Bertz CT molecular complexity index is 372. The van der Waals surface area contributed by atoms with Gasteiger partial charge in [0.15, 0.2) is 0 Å². The Hall–Kier alpha value is 0.1000. The lowest BCUT2D eigenvalue weighted by molar-refractivity contribution is 0.157. The van der Waals surface area contributed by atoms with Gasteiger partial charge in [0.25, 0.3) is 0 Å². The van der Waals surface area contributed by atoms with Crippen LogP contribution >= 0.6 is 27.3 Å². The summed E-state index contributed by atoms with van der Waals surface area (Å²) in [6.07, 6.45) is 7.83. The van der Waals surface area contributed by atoms with Gasteiger partial charge in [-0.3, -0.25) is 4.90 Å². The summed E-state index contributed by atoms with van der Waals surface area (Å²) in [5, 5.41) is 0. The van der Waals surface area contributed by atoms with E-state index in [2.05, 4.69) is 39.9 Å². The van der Waals surface area contributed by atoms with Crippen molar-refractivity contribution in [3.05, 3.63) is 20.8 Å². The monoisotopic (exact) mass is 344 g/mol. The van der Waals surface area contributed by atoms with Crippen molar-refractivity contribution in [3.8, 4) is 0 Å². The molecule has 1 saturated heterocycles. The van der Waals surface area contributed by atoms with E-state index < -0.39 is 0 Å². The summed E-state index contributed by atoms with van der Waals surface area (Å²) < 4.78 is 1.21. The molecular formula is C15H25BrN2S. The van der Waals surface area contributed by atoms with Crippen LogP contribution in [0.1, 0.15) is 56.4 Å². The lowest BCUT2D eigenvalue weighted by atomic mass is 10.00. The topological polar surface area (TPSA) is 29.3 Å². The minimum atomic E-state index is 0.241. The molecule has 2 nitrogen and oxygen atoms in total. The molecule has 2 atom stereocenters. The van der Waals surface area contributed by atoms with Gasteiger partial charge in [-0.25, -0.2) is 0 Å². The highest BCUT2D eigenvalue weighted by Crippen LogP contribution is 2.34. The summed E-state index contributed by atoms with van der Waals surface area (Å²) in [6.45, 7) is 4.60. The Balaban J connectivity index is 2.15. The van der Waals surface area contributed by atoms with Gasteiger partial charge in [-0.15, -0.1) is 11.3 Å². The molecule has 0 bridgehead atoms. The molecular weight excluding hydrogens is 320 g/mol. The van der Waals surface area contributed by atoms with Crippen molar-refractivity contribution in [1.29, 1.82) is 0 Å². The molecule has 1 fully saturated rings. The molecule has 1 aromatic heterocycles. The molecule has 2 unspecified atom stereocenters. The first-order chi connectivity index (χ1) is 9.22. The minimum absolute atomic E-state index is 0.241. The van der Waals surface area contributed by atoms with Crippen molar-refractivity contribution in [2.45, 2.75) is 57.5 Å². The maximum Gasteiger partial charge on any atom is 0.0702 e. The summed E-state index contributed by atoms with van der Waals surface area (Å²) in [7, 11) is 0. The molecule has 0 aromatic carbocycles. The van der Waals surface area contributed by atoms with E-state index in [1.165, 1.54) is 53.9 Å². The first-order valence-corrected chi connectivity index (χ1v) is 9.08. The summed E-state index contributed by atoms with van der Waals surface area (Å²) in [5.74, 6) is 0. The smallest absolute Gasteiger partial charge is 0.0702 e. The van der Waals surface area contributed by atoms with E-state index in [-0.39, 0.29) is 6.04 Å². The van der Waals surface area contributed by atoms with E-state index in [4.69, 9.17) is 5.73 Å². The van der Waals surface area contributed by atoms with Crippen LogP contribution in [0.25, 0.3) is 0 Å². The van der Waals surface area contributed by atoms with Crippen LogP contribution in [0.15, 0.2) is 15.9 Å². The molecule has 1 aliphatic heterocycles. The number of nitrogens with zero attached hydrogens (tertiary/aromatic N) is 1. The highest BCUT2D eigenvalue weighted by molar-refractivity contribution is 9.11. The summed E-state index contributed by atoms with van der Waals surface area (Å²) in [4.78, 5) is 4.05. The van der Waals surface area contributed by atoms with E-state index in [9.17, 15) is 0 Å². The van der Waals surface area contributed by atoms with Crippen LogP contribution in [-0.2, 0) is 0 Å². The Morgan fingerprint density at radius 2 is 1.84 bits per heavy atom. The molecule has 2 N–H and O–H groups in total. The zero-order valence-corrected chi connectivity index (χ0v) is 14.2. The predicted octanol–water partition coefficient (Wildman–Crippen LogP) is 4.56. The van der Waals surface area contributed by atoms with Crippen molar-refractivity contribution < 1.29 is 0 Å². The second kappa shape index (κ2) is 7.77. The lowest BCUT2D eigenvalue weighted by Gasteiger charge is -2.35. The van der Waals surface area contributed by atoms with Gasteiger partial charge in [-0.1, -0.05) is 26.2 Å². The predicted molar refractivity (Wildman–Crippen MR) is 87.7 cm³/mol. The van der Waals surface area contributed by atoms with Gasteiger partial charge in [0.05, 0.1) is 9.83 Å². The standard InChI is InChI=1S/C15H25BrN2S/c1-2-12(17)15(13-8-9-14(16)19-13)18-10-6-4-3-5-7-11-18/h8-9,12,15H,2-7,10-11,17H2,1H3. The Morgan fingerprint density at radius 3 is 2.37 bits per heavy atom. The largest absolute Gasteiger partial charge is 0.326 e. The highest BCUT2D eigenvalue weighted by atomic mass is 79.9. The number of rotatable bonds is 4. The number of hydrogen-bond acceptors (Lipinski definition) is 3. The molecule has 0 saturated carbocycles. The first kappa shape index (κ1) is 15.5. The van der Waals surface area contributed by atoms with Crippen LogP contribution in [-0.4, -0.2) is 24.0 Å². The second-order valence-electron chi connectivity index (χ2n) is 5.46. The van der Waals surface area contributed by atoms with Crippen LogP contribution in [0.3, 0.4) is 0 Å². The van der Waals surface area contributed by atoms with Crippen LogP contribution in [0.5, 0.6) is 0 Å². The maximum absolute atomic E-state index is 6.43. The highest BCUT2D eigenvalue weighted by Gasteiger charge is 2.27. The molecule has 0 amide bonds. The molecule has 19 heavy (non-hydrogen) atoms. The number of halogens is 1. The van der Waals surface area contributed by atoms with Gasteiger partial charge >= 0.3 is 0 Å². The van der Waals surface area contributed by atoms with E-state index in [0.717, 1.165) is 6.42 Å². The fourth-order valence-electron chi connectivity index (χ4n) is 2.92. The van der Waals surface area contributed by atoms with Crippen LogP contribution < -0.4 is 5.73 Å². The molecule has 2 heterocycles. The number of thiophene rings is 1. The van der Waals surface area contributed by atoms with Crippen LogP contribution in [0, 0.1) is 0 Å². The van der Waals surface area contributed by atoms with Crippen molar-refractivity contribution >= 4 is 27.3 Å². The van der Waals surface area contributed by atoms with Crippen molar-refractivity contribution in [2.24, 2.45) is 5.73 Å². The molecule has 0 radical (unpaired) electrons. The van der Waals surface area contributed by atoms with Crippen molar-refractivity contribution in [1.82, 2.24) is 4.90 Å². The van der Waals surface area contributed by atoms with Gasteiger partial charge in [0.2, 0.25) is 0 Å².